The van der Waals surface area contributed by atoms with Crippen LogP contribution in [-0.4, -0.2) is 38.5 Å². The van der Waals surface area contributed by atoms with Gasteiger partial charge in [-0.1, -0.05) is 18.1 Å². The Morgan fingerprint density at radius 3 is 2.79 bits per heavy atom. The second kappa shape index (κ2) is 6.31. The zero-order valence-corrected chi connectivity index (χ0v) is 10.7. The van der Waals surface area contributed by atoms with Gasteiger partial charge in [0.15, 0.2) is 5.69 Å². The minimum Gasteiger partial charge on any atom is -0.476 e. The molecule has 0 bridgehead atoms. The van der Waals surface area contributed by atoms with Crippen LogP contribution in [0.4, 0.5) is 0 Å². The molecule has 1 heterocycles. The number of amides is 1. The first-order valence-electron chi connectivity index (χ1n) is 6.55. The van der Waals surface area contributed by atoms with Gasteiger partial charge in [0.25, 0.3) is 0 Å². The first kappa shape index (κ1) is 13.5. The van der Waals surface area contributed by atoms with Crippen molar-refractivity contribution < 1.29 is 14.7 Å². The summed E-state index contributed by atoms with van der Waals surface area (Å²) in [6.07, 6.45) is 6.71. The summed E-state index contributed by atoms with van der Waals surface area (Å²) in [6, 6.07) is 0. The van der Waals surface area contributed by atoms with Crippen LogP contribution >= 0.6 is 0 Å². The zero-order chi connectivity index (χ0) is 13.7. The molecule has 0 spiro atoms. The Hall–Kier alpha value is -1.92. The van der Waals surface area contributed by atoms with E-state index in [-0.39, 0.29) is 11.6 Å². The number of nitrogens with one attached hydrogen (secondary N) is 1. The molecule has 0 radical (unpaired) electrons. The number of carboxylic acid groups (broad SMARTS) is 1. The van der Waals surface area contributed by atoms with Gasteiger partial charge in [0, 0.05) is 13.0 Å². The number of rotatable bonds is 6. The summed E-state index contributed by atoms with van der Waals surface area (Å²) < 4.78 is 1.42. The zero-order valence-electron chi connectivity index (χ0n) is 10.7. The highest BCUT2D eigenvalue weighted by Crippen LogP contribution is 2.27. The lowest BCUT2D eigenvalue weighted by molar-refractivity contribution is -0.122. The van der Waals surface area contributed by atoms with Crippen molar-refractivity contribution in [1.29, 1.82) is 0 Å². The molecule has 1 aromatic heterocycles. The Bertz CT molecular complexity index is 452. The van der Waals surface area contributed by atoms with E-state index in [0.29, 0.717) is 25.4 Å². The van der Waals surface area contributed by atoms with Crippen molar-refractivity contribution in [3.05, 3.63) is 11.9 Å². The molecule has 0 aromatic carbocycles. The largest absolute Gasteiger partial charge is 0.476 e. The Morgan fingerprint density at radius 1 is 1.42 bits per heavy atom. The van der Waals surface area contributed by atoms with Gasteiger partial charge in [-0.15, -0.1) is 5.10 Å². The first-order chi connectivity index (χ1) is 9.15. The summed E-state index contributed by atoms with van der Waals surface area (Å²) in [5.74, 6) is -0.507. The highest BCUT2D eigenvalue weighted by Gasteiger charge is 2.18. The number of hydrogen-bond acceptors (Lipinski definition) is 4. The molecule has 1 aliphatic rings. The quantitative estimate of drug-likeness (QED) is 0.788. The van der Waals surface area contributed by atoms with Crippen LogP contribution in [0.25, 0.3) is 0 Å². The van der Waals surface area contributed by atoms with Gasteiger partial charge in [-0.25, -0.2) is 9.48 Å². The highest BCUT2D eigenvalue weighted by molar-refractivity contribution is 5.84. The van der Waals surface area contributed by atoms with Crippen LogP contribution in [0.2, 0.25) is 0 Å². The van der Waals surface area contributed by atoms with E-state index in [1.165, 1.54) is 23.7 Å². The van der Waals surface area contributed by atoms with E-state index in [2.05, 4.69) is 15.6 Å². The molecule has 1 amide bonds. The van der Waals surface area contributed by atoms with Gasteiger partial charge in [-0.05, 0) is 18.8 Å². The summed E-state index contributed by atoms with van der Waals surface area (Å²) in [7, 11) is 0. The van der Waals surface area contributed by atoms with Gasteiger partial charge in [-0.3, -0.25) is 4.79 Å². The third kappa shape index (κ3) is 4.04. The van der Waals surface area contributed by atoms with Crippen molar-refractivity contribution in [3.63, 3.8) is 0 Å². The maximum atomic E-state index is 11.7. The minimum atomic E-state index is -1.10. The Kier molecular flexibility index (Phi) is 4.48. The van der Waals surface area contributed by atoms with Gasteiger partial charge >= 0.3 is 5.97 Å². The molecule has 2 rings (SSSR count). The summed E-state index contributed by atoms with van der Waals surface area (Å²) in [5, 5.41) is 18.7. The molecule has 2 N–H and O–H groups in total. The molecule has 1 saturated carbocycles. The maximum absolute atomic E-state index is 11.7. The molecule has 1 aliphatic carbocycles. The van der Waals surface area contributed by atoms with Crippen LogP contribution in [0.5, 0.6) is 0 Å². The second-order valence-corrected chi connectivity index (χ2v) is 4.88. The fourth-order valence-electron chi connectivity index (χ4n) is 2.36. The monoisotopic (exact) mass is 266 g/mol. The van der Waals surface area contributed by atoms with Gasteiger partial charge in [0.2, 0.25) is 5.91 Å². The number of aromatic nitrogens is 3. The van der Waals surface area contributed by atoms with Crippen LogP contribution in [0.1, 0.15) is 42.6 Å². The second-order valence-electron chi connectivity index (χ2n) is 4.88. The lowest BCUT2D eigenvalue weighted by Gasteiger charge is -2.09. The van der Waals surface area contributed by atoms with E-state index in [0.717, 1.165) is 12.8 Å². The van der Waals surface area contributed by atoms with Crippen LogP contribution < -0.4 is 5.32 Å². The summed E-state index contributed by atoms with van der Waals surface area (Å²) in [4.78, 5) is 22.3. The van der Waals surface area contributed by atoms with Crippen LogP contribution in [-0.2, 0) is 11.3 Å². The van der Waals surface area contributed by atoms with Crippen molar-refractivity contribution in [3.8, 4) is 0 Å². The minimum absolute atomic E-state index is 0.0606. The molecular formula is C12H18N4O3. The number of hydrogen-bond donors (Lipinski definition) is 2. The van der Waals surface area contributed by atoms with E-state index in [4.69, 9.17) is 5.11 Å². The first-order valence-corrected chi connectivity index (χ1v) is 6.55. The number of aromatic carboxylic acids is 1. The average Bonchev–Trinajstić information content (AvgIpc) is 3.00. The standard InChI is InChI=1S/C12H18N4O3/c17-11(7-9-3-1-2-4-9)13-5-6-16-8-10(12(18)19)14-15-16/h8-9H,1-7H2,(H,13,17)(H,18,19). The molecular weight excluding hydrogens is 248 g/mol. The number of carbonyl (C=O) groups is 2. The molecule has 0 atom stereocenters. The van der Waals surface area contributed by atoms with Gasteiger partial charge < -0.3 is 10.4 Å². The lowest BCUT2D eigenvalue weighted by Crippen LogP contribution is -2.28. The molecule has 0 aliphatic heterocycles. The topological polar surface area (TPSA) is 97.1 Å². The predicted molar refractivity (Wildman–Crippen MR) is 66.6 cm³/mol. The normalized spacial score (nSPS) is 15.6. The molecule has 7 nitrogen and oxygen atoms in total. The molecule has 19 heavy (non-hydrogen) atoms. The SMILES string of the molecule is O=C(CC1CCCC1)NCCn1cc(C(=O)O)nn1. The molecule has 1 aromatic rings. The maximum Gasteiger partial charge on any atom is 0.358 e. The van der Waals surface area contributed by atoms with Crippen molar-refractivity contribution in [2.24, 2.45) is 5.92 Å². The van der Waals surface area contributed by atoms with E-state index >= 15 is 0 Å². The molecule has 104 valence electrons. The summed E-state index contributed by atoms with van der Waals surface area (Å²) in [5.41, 5.74) is -0.0858. The van der Waals surface area contributed by atoms with Crippen molar-refractivity contribution >= 4 is 11.9 Å². The van der Waals surface area contributed by atoms with E-state index in [1.807, 2.05) is 0 Å². The molecule has 0 saturated heterocycles. The van der Waals surface area contributed by atoms with Crippen LogP contribution in [0.15, 0.2) is 6.20 Å². The Labute approximate surface area is 111 Å². The van der Waals surface area contributed by atoms with Gasteiger partial charge in [-0.2, -0.15) is 0 Å². The van der Waals surface area contributed by atoms with E-state index < -0.39 is 5.97 Å². The Morgan fingerprint density at radius 2 is 2.16 bits per heavy atom. The van der Waals surface area contributed by atoms with Gasteiger partial charge in [0.05, 0.1) is 12.7 Å². The fourth-order valence-corrected chi connectivity index (χ4v) is 2.36. The molecule has 0 unspecified atom stereocenters. The van der Waals surface area contributed by atoms with Crippen molar-refractivity contribution in [2.75, 3.05) is 6.54 Å². The average molecular weight is 266 g/mol. The van der Waals surface area contributed by atoms with Crippen LogP contribution in [0, 0.1) is 5.92 Å². The van der Waals surface area contributed by atoms with Crippen molar-refractivity contribution in [2.45, 2.75) is 38.6 Å². The molecule has 1 fully saturated rings. The number of carbonyl (C=O) groups excluding carboxylic acids is 1. The van der Waals surface area contributed by atoms with E-state index in [9.17, 15) is 9.59 Å². The number of nitrogens with zero attached hydrogens (tertiary/aromatic N) is 3. The third-order valence-electron chi connectivity index (χ3n) is 3.37. The lowest BCUT2D eigenvalue weighted by atomic mass is 10.0. The number of carboxylic acids is 1. The molecule has 7 heteroatoms. The van der Waals surface area contributed by atoms with E-state index in [1.54, 1.807) is 0 Å². The summed E-state index contributed by atoms with van der Waals surface area (Å²) in [6.45, 7) is 0.866. The third-order valence-corrected chi connectivity index (χ3v) is 3.37. The highest BCUT2D eigenvalue weighted by atomic mass is 16.4. The van der Waals surface area contributed by atoms with Gasteiger partial charge in [0.1, 0.15) is 0 Å². The van der Waals surface area contributed by atoms with Crippen molar-refractivity contribution in [1.82, 2.24) is 20.3 Å². The predicted octanol–water partition coefficient (Wildman–Crippen LogP) is 0.673. The Balaban J connectivity index is 1.67. The van der Waals surface area contributed by atoms with Crippen LogP contribution in [0.3, 0.4) is 0 Å². The summed E-state index contributed by atoms with van der Waals surface area (Å²) >= 11 is 0. The fraction of sp³-hybridized carbons (Fsp3) is 0.667. The smallest absolute Gasteiger partial charge is 0.358 e.